The molecule has 1 aromatic heterocycles. The summed E-state index contributed by atoms with van der Waals surface area (Å²) in [6.07, 6.45) is 5.37. The second-order valence-electron chi connectivity index (χ2n) is 4.86. The largest absolute Gasteiger partial charge is 0.490 e. The minimum absolute atomic E-state index is 0.0855. The summed E-state index contributed by atoms with van der Waals surface area (Å²) in [5.74, 6) is -0.0274. The van der Waals surface area contributed by atoms with Crippen LogP contribution in [0.4, 0.5) is 0 Å². The molecule has 1 N–H and O–H groups in total. The Bertz CT molecular complexity index is 867. The average Bonchev–Trinajstić information content (AvgIpc) is 2.57. The molecule has 0 spiro atoms. The summed E-state index contributed by atoms with van der Waals surface area (Å²) in [7, 11) is -3.67. The molecule has 132 valence electrons. The van der Waals surface area contributed by atoms with Crippen LogP contribution in [0.15, 0.2) is 47.8 Å². The molecule has 8 nitrogen and oxygen atoms in total. The molecule has 0 aliphatic heterocycles. The van der Waals surface area contributed by atoms with Crippen LogP contribution in [-0.4, -0.2) is 38.4 Å². The van der Waals surface area contributed by atoms with Crippen molar-refractivity contribution < 1.29 is 22.1 Å². The maximum absolute atomic E-state index is 11.9. The molecule has 1 heterocycles. The highest BCUT2D eigenvalue weighted by molar-refractivity contribution is 7.86. The lowest BCUT2D eigenvalue weighted by molar-refractivity contribution is 0.0955. The number of benzene rings is 1. The van der Waals surface area contributed by atoms with E-state index in [1.54, 1.807) is 31.2 Å². The fourth-order valence-electron chi connectivity index (χ4n) is 1.84. The van der Waals surface area contributed by atoms with Gasteiger partial charge in [-0.25, -0.2) is 5.43 Å². The fraction of sp³-hybridized carbons (Fsp3) is 0.188. The van der Waals surface area contributed by atoms with E-state index in [9.17, 15) is 13.2 Å². The zero-order valence-corrected chi connectivity index (χ0v) is 14.5. The van der Waals surface area contributed by atoms with Gasteiger partial charge in [0.15, 0.2) is 11.5 Å². The number of hydrazone groups is 1. The second kappa shape index (κ2) is 8.25. The Morgan fingerprint density at radius 3 is 2.60 bits per heavy atom. The molecule has 25 heavy (non-hydrogen) atoms. The molecule has 2 aromatic rings. The number of carbonyl (C=O) groups excluding carboxylic acids is 1. The number of hydrogen-bond acceptors (Lipinski definition) is 7. The molecule has 0 saturated carbocycles. The number of aromatic nitrogens is 1. The van der Waals surface area contributed by atoms with Gasteiger partial charge in [0, 0.05) is 18.0 Å². The molecular weight excluding hydrogens is 346 g/mol. The van der Waals surface area contributed by atoms with Crippen LogP contribution in [-0.2, 0) is 10.1 Å². The molecule has 1 aromatic carbocycles. The Morgan fingerprint density at radius 2 is 1.96 bits per heavy atom. The third kappa shape index (κ3) is 5.88. The number of ether oxygens (including phenoxy) is 1. The molecule has 2 rings (SSSR count). The van der Waals surface area contributed by atoms with Crippen molar-refractivity contribution in [2.24, 2.45) is 5.10 Å². The van der Waals surface area contributed by atoms with Gasteiger partial charge in [-0.1, -0.05) is 0 Å². The van der Waals surface area contributed by atoms with Gasteiger partial charge in [0.2, 0.25) is 0 Å². The van der Waals surface area contributed by atoms with Crippen LogP contribution < -0.4 is 14.3 Å². The molecule has 0 radical (unpaired) electrons. The first-order valence-corrected chi connectivity index (χ1v) is 9.10. The fourth-order valence-corrected chi connectivity index (χ4v) is 2.30. The van der Waals surface area contributed by atoms with E-state index in [1.165, 1.54) is 24.7 Å². The Hall–Kier alpha value is -2.94. The van der Waals surface area contributed by atoms with Gasteiger partial charge >= 0.3 is 10.1 Å². The highest BCUT2D eigenvalue weighted by atomic mass is 32.2. The van der Waals surface area contributed by atoms with E-state index in [0.29, 0.717) is 17.7 Å². The van der Waals surface area contributed by atoms with E-state index in [0.717, 1.165) is 6.26 Å². The van der Waals surface area contributed by atoms with Crippen molar-refractivity contribution in [2.75, 3.05) is 12.9 Å². The number of pyridine rings is 1. The highest BCUT2D eigenvalue weighted by Gasteiger charge is 2.11. The molecule has 0 aliphatic carbocycles. The van der Waals surface area contributed by atoms with Crippen LogP contribution in [0.2, 0.25) is 0 Å². The van der Waals surface area contributed by atoms with Crippen LogP contribution in [0.1, 0.15) is 22.8 Å². The van der Waals surface area contributed by atoms with Crippen molar-refractivity contribution in [1.82, 2.24) is 10.4 Å². The van der Waals surface area contributed by atoms with Gasteiger partial charge in [-0.15, -0.1) is 0 Å². The summed E-state index contributed by atoms with van der Waals surface area (Å²) in [6, 6.07) is 7.74. The van der Waals surface area contributed by atoms with E-state index in [4.69, 9.17) is 8.92 Å². The first-order chi connectivity index (χ1) is 11.9. The standard InChI is InChI=1S/C16H17N3O5S/c1-3-23-15-10-12(4-5-14(15)24-25(2,21)22)11-18-19-16(20)13-6-8-17-9-7-13/h4-11H,3H2,1-2H3,(H,19,20)/b18-11+. The van der Waals surface area contributed by atoms with Gasteiger partial charge in [0.05, 0.1) is 19.1 Å². The lowest BCUT2D eigenvalue weighted by Gasteiger charge is -2.10. The molecule has 0 bridgehead atoms. The maximum atomic E-state index is 11.9. The molecule has 0 unspecified atom stereocenters. The highest BCUT2D eigenvalue weighted by Crippen LogP contribution is 2.29. The summed E-state index contributed by atoms with van der Waals surface area (Å²) < 4.78 is 32.8. The van der Waals surface area contributed by atoms with E-state index >= 15 is 0 Å². The Kier molecular flexibility index (Phi) is 6.07. The molecule has 0 atom stereocenters. The lowest BCUT2D eigenvalue weighted by atomic mass is 10.2. The Balaban J connectivity index is 2.11. The Morgan fingerprint density at radius 1 is 1.24 bits per heavy atom. The smallest absolute Gasteiger partial charge is 0.306 e. The maximum Gasteiger partial charge on any atom is 0.306 e. The average molecular weight is 363 g/mol. The number of nitrogens with zero attached hydrogens (tertiary/aromatic N) is 2. The van der Waals surface area contributed by atoms with Gasteiger partial charge in [-0.3, -0.25) is 9.78 Å². The topological polar surface area (TPSA) is 107 Å². The number of hydrogen-bond donors (Lipinski definition) is 1. The third-order valence-corrected chi connectivity index (χ3v) is 3.31. The van der Waals surface area contributed by atoms with Crippen molar-refractivity contribution in [3.63, 3.8) is 0 Å². The molecule has 0 aliphatic rings. The monoisotopic (exact) mass is 363 g/mol. The Labute approximate surface area is 145 Å². The third-order valence-electron chi connectivity index (χ3n) is 2.83. The number of carbonyl (C=O) groups is 1. The minimum atomic E-state index is -3.67. The molecular formula is C16H17N3O5S. The first kappa shape index (κ1) is 18.4. The summed E-state index contributed by atoms with van der Waals surface area (Å²) in [6.45, 7) is 2.10. The van der Waals surface area contributed by atoms with Crippen molar-refractivity contribution >= 4 is 22.2 Å². The first-order valence-electron chi connectivity index (χ1n) is 7.29. The minimum Gasteiger partial charge on any atom is -0.490 e. The van der Waals surface area contributed by atoms with Crippen LogP contribution >= 0.6 is 0 Å². The van der Waals surface area contributed by atoms with Gasteiger partial charge in [0.1, 0.15) is 0 Å². The van der Waals surface area contributed by atoms with E-state index in [1.807, 2.05) is 0 Å². The SMILES string of the molecule is CCOc1cc(/C=N/NC(=O)c2ccncc2)ccc1OS(C)(=O)=O. The zero-order chi connectivity index (χ0) is 18.3. The molecule has 0 fully saturated rings. The predicted octanol–water partition coefficient (Wildman–Crippen LogP) is 1.58. The van der Waals surface area contributed by atoms with Gasteiger partial charge in [-0.2, -0.15) is 13.5 Å². The van der Waals surface area contributed by atoms with Crippen LogP contribution in [0.25, 0.3) is 0 Å². The lowest BCUT2D eigenvalue weighted by Crippen LogP contribution is -2.17. The number of amides is 1. The molecule has 0 saturated heterocycles. The van der Waals surface area contributed by atoms with Crippen LogP contribution in [0, 0.1) is 0 Å². The molecule has 1 amide bonds. The van der Waals surface area contributed by atoms with Crippen LogP contribution in [0.5, 0.6) is 11.5 Å². The number of nitrogens with one attached hydrogen (secondary N) is 1. The van der Waals surface area contributed by atoms with E-state index in [2.05, 4.69) is 15.5 Å². The van der Waals surface area contributed by atoms with Crippen molar-refractivity contribution in [3.05, 3.63) is 53.9 Å². The predicted molar refractivity (Wildman–Crippen MR) is 92.4 cm³/mol. The van der Waals surface area contributed by atoms with Crippen molar-refractivity contribution in [3.8, 4) is 11.5 Å². The summed E-state index contributed by atoms with van der Waals surface area (Å²) in [5.41, 5.74) is 3.41. The molecule has 9 heteroatoms. The zero-order valence-electron chi connectivity index (χ0n) is 13.7. The number of rotatable bonds is 7. The summed E-state index contributed by atoms with van der Waals surface area (Å²) >= 11 is 0. The summed E-state index contributed by atoms with van der Waals surface area (Å²) in [5, 5.41) is 3.86. The van der Waals surface area contributed by atoms with Crippen molar-refractivity contribution in [1.29, 1.82) is 0 Å². The van der Waals surface area contributed by atoms with Gasteiger partial charge in [-0.05, 0) is 42.8 Å². The quantitative estimate of drug-likeness (QED) is 0.455. The van der Waals surface area contributed by atoms with Crippen LogP contribution in [0.3, 0.4) is 0 Å². The normalized spacial score (nSPS) is 11.3. The summed E-state index contributed by atoms with van der Waals surface area (Å²) in [4.78, 5) is 15.7. The van der Waals surface area contributed by atoms with E-state index < -0.39 is 10.1 Å². The van der Waals surface area contributed by atoms with Gasteiger partial charge in [0.25, 0.3) is 5.91 Å². The van der Waals surface area contributed by atoms with Gasteiger partial charge < -0.3 is 8.92 Å². The van der Waals surface area contributed by atoms with E-state index in [-0.39, 0.29) is 17.4 Å². The second-order valence-corrected chi connectivity index (χ2v) is 6.44. The van der Waals surface area contributed by atoms with Crippen molar-refractivity contribution in [2.45, 2.75) is 6.92 Å².